The molecule has 86 valence electrons. The minimum atomic E-state index is -0.974. The maximum absolute atomic E-state index is 10.9. The zero-order valence-corrected chi connectivity index (χ0v) is 8.98. The van der Waals surface area contributed by atoms with Crippen LogP contribution in [-0.4, -0.2) is 10.0 Å². The molecule has 2 rings (SSSR count). The van der Waals surface area contributed by atoms with Gasteiger partial charge in [0, 0.05) is 6.07 Å². The Bertz CT molecular complexity index is 525. The molecule has 0 aliphatic rings. The van der Waals surface area contributed by atoms with E-state index in [-0.39, 0.29) is 5.69 Å². The SMILES string of the molecule is O=[N+]([O-])c1ccccc1C(O)c1ccccc1. The van der Waals surface area contributed by atoms with Gasteiger partial charge in [-0.25, -0.2) is 0 Å². The third-order valence-electron chi connectivity index (χ3n) is 2.54. The van der Waals surface area contributed by atoms with Gasteiger partial charge in [0.2, 0.25) is 0 Å². The maximum Gasteiger partial charge on any atom is 0.275 e. The molecule has 0 bridgehead atoms. The molecule has 0 saturated heterocycles. The first kappa shape index (κ1) is 11.3. The van der Waals surface area contributed by atoms with E-state index in [1.54, 1.807) is 42.5 Å². The summed E-state index contributed by atoms with van der Waals surface area (Å²) in [4.78, 5) is 10.4. The molecule has 4 nitrogen and oxygen atoms in total. The van der Waals surface area contributed by atoms with Crippen LogP contribution in [0, 0.1) is 10.1 Å². The first-order valence-corrected chi connectivity index (χ1v) is 5.16. The van der Waals surface area contributed by atoms with E-state index in [1.165, 1.54) is 6.07 Å². The van der Waals surface area contributed by atoms with Crippen molar-refractivity contribution in [3.63, 3.8) is 0 Å². The summed E-state index contributed by atoms with van der Waals surface area (Å²) in [5, 5.41) is 21.0. The predicted octanol–water partition coefficient (Wildman–Crippen LogP) is 2.68. The van der Waals surface area contributed by atoms with Crippen LogP contribution in [0.4, 0.5) is 5.69 Å². The number of aliphatic hydroxyl groups is 1. The minimum absolute atomic E-state index is 0.0659. The average molecular weight is 229 g/mol. The van der Waals surface area contributed by atoms with Crippen molar-refractivity contribution in [3.8, 4) is 0 Å². The lowest BCUT2D eigenvalue weighted by molar-refractivity contribution is -0.386. The molecule has 1 N–H and O–H groups in total. The van der Waals surface area contributed by atoms with Gasteiger partial charge in [0.15, 0.2) is 0 Å². The van der Waals surface area contributed by atoms with Gasteiger partial charge in [-0.2, -0.15) is 0 Å². The molecule has 2 aromatic rings. The third-order valence-corrected chi connectivity index (χ3v) is 2.54. The number of hydrogen-bond acceptors (Lipinski definition) is 3. The van der Waals surface area contributed by atoms with Gasteiger partial charge >= 0.3 is 0 Å². The van der Waals surface area contributed by atoms with Crippen LogP contribution >= 0.6 is 0 Å². The zero-order chi connectivity index (χ0) is 12.3. The van der Waals surface area contributed by atoms with Crippen molar-refractivity contribution < 1.29 is 10.0 Å². The fourth-order valence-electron chi connectivity index (χ4n) is 1.70. The fourth-order valence-corrected chi connectivity index (χ4v) is 1.70. The van der Waals surface area contributed by atoms with Gasteiger partial charge in [-0.05, 0) is 11.6 Å². The first-order chi connectivity index (χ1) is 8.20. The molecule has 17 heavy (non-hydrogen) atoms. The molecular weight excluding hydrogens is 218 g/mol. The van der Waals surface area contributed by atoms with Crippen LogP contribution < -0.4 is 0 Å². The van der Waals surface area contributed by atoms with Gasteiger partial charge in [0.05, 0.1) is 10.5 Å². The van der Waals surface area contributed by atoms with Crippen LogP contribution in [0.2, 0.25) is 0 Å². The molecule has 0 aromatic heterocycles. The molecule has 0 amide bonds. The Morgan fingerprint density at radius 1 is 1.00 bits per heavy atom. The van der Waals surface area contributed by atoms with E-state index in [9.17, 15) is 15.2 Å². The van der Waals surface area contributed by atoms with Crippen LogP contribution in [0.3, 0.4) is 0 Å². The van der Waals surface area contributed by atoms with Gasteiger partial charge in [-0.1, -0.05) is 42.5 Å². The number of nitrogens with zero attached hydrogens (tertiary/aromatic N) is 1. The summed E-state index contributed by atoms with van der Waals surface area (Å²) >= 11 is 0. The lowest BCUT2D eigenvalue weighted by atomic mass is 10.0. The average Bonchev–Trinajstić information content (AvgIpc) is 2.39. The molecule has 0 fully saturated rings. The molecule has 4 heteroatoms. The summed E-state index contributed by atoms with van der Waals surface area (Å²) in [6, 6.07) is 15.1. The smallest absolute Gasteiger partial charge is 0.275 e. The molecule has 0 saturated carbocycles. The van der Waals surface area contributed by atoms with Gasteiger partial charge in [0.1, 0.15) is 6.10 Å². The standard InChI is InChI=1S/C13H11NO3/c15-13(10-6-2-1-3-7-10)11-8-4-5-9-12(11)14(16)17/h1-9,13,15H. The Morgan fingerprint density at radius 3 is 2.24 bits per heavy atom. The van der Waals surface area contributed by atoms with Crippen molar-refractivity contribution >= 4 is 5.69 Å². The van der Waals surface area contributed by atoms with Crippen LogP contribution in [0.25, 0.3) is 0 Å². The summed E-state index contributed by atoms with van der Waals surface area (Å²) in [5.41, 5.74) is 0.884. The number of para-hydroxylation sites is 1. The molecule has 1 atom stereocenters. The molecular formula is C13H11NO3. The summed E-state index contributed by atoms with van der Waals surface area (Å²) in [5.74, 6) is 0. The van der Waals surface area contributed by atoms with Crippen molar-refractivity contribution in [2.24, 2.45) is 0 Å². The second-order valence-electron chi connectivity index (χ2n) is 3.63. The Labute approximate surface area is 98.3 Å². The number of aliphatic hydroxyl groups excluding tert-OH is 1. The summed E-state index contributed by atoms with van der Waals surface area (Å²) < 4.78 is 0. The molecule has 0 aliphatic carbocycles. The highest BCUT2D eigenvalue weighted by atomic mass is 16.6. The van der Waals surface area contributed by atoms with Crippen LogP contribution in [0.5, 0.6) is 0 Å². The Hall–Kier alpha value is -2.20. The van der Waals surface area contributed by atoms with Crippen LogP contribution in [0.1, 0.15) is 17.2 Å². The molecule has 0 heterocycles. The van der Waals surface area contributed by atoms with E-state index in [1.807, 2.05) is 6.07 Å². The normalized spacial score (nSPS) is 12.1. The van der Waals surface area contributed by atoms with E-state index in [2.05, 4.69) is 0 Å². The fraction of sp³-hybridized carbons (Fsp3) is 0.0769. The highest BCUT2D eigenvalue weighted by Gasteiger charge is 2.20. The number of nitro benzene ring substituents is 1. The molecule has 1 unspecified atom stereocenters. The summed E-state index contributed by atoms with van der Waals surface area (Å²) in [7, 11) is 0. The van der Waals surface area contributed by atoms with Crippen molar-refractivity contribution in [2.45, 2.75) is 6.10 Å². The molecule has 0 spiro atoms. The zero-order valence-electron chi connectivity index (χ0n) is 8.98. The van der Waals surface area contributed by atoms with Gasteiger partial charge < -0.3 is 5.11 Å². The van der Waals surface area contributed by atoms with E-state index in [4.69, 9.17) is 0 Å². The summed E-state index contributed by atoms with van der Waals surface area (Å²) in [6.07, 6.45) is -0.974. The van der Waals surface area contributed by atoms with Gasteiger partial charge in [-0.3, -0.25) is 10.1 Å². The van der Waals surface area contributed by atoms with Gasteiger partial charge in [-0.15, -0.1) is 0 Å². The van der Waals surface area contributed by atoms with Crippen LogP contribution in [0.15, 0.2) is 54.6 Å². The van der Waals surface area contributed by atoms with Crippen molar-refractivity contribution in [1.82, 2.24) is 0 Å². The van der Waals surface area contributed by atoms with E-state index in [0.29, 0.717) is 11.1 Å². The maximum atomic E-state index is 10.9. The topological polar surface area (TPSA) is 63.4 Å². The largest absolute Gasteiger partial charge is 0.383 e. The minimum Gasteiger partial charge on any atom is -0.383 e. The highest BCUT2D eigenvalue weighted by molar-refractivity contribution is 5.44. The van der Waals surface area contributed by atoms with Crippen molar-refractivity contribution in [2.75, 3.05) is 0 Å². The van der Waals surface area contributed by atoms with E-state index < -0.39 is 11.0 Å². The van der Waals surface area contributed by atoms with E-state index in [0.717, 1.165) is 0 Å². The summed E-state index contributed by atoms with van der Waals surface area (Å²) in [6.45, 7) is 0. The van der Waals surface area contributed by atoms with Gasteiger partial charge in [0.25, 0.3) is 5.69 Å². The molecule has 2 aromatic carbocycles. The monoisotopic (exact) mass is 229 g/mol. The van der Waals surface area contributed by atoms with E-state index >= 15 is 0 Å². The number of benzene rings is 2. The molecule has 0 aliphatic heterocycles. The second kappa shape index (κ2) is 4.76. The Kier molecular flexibility index (Phi) is 3.16. The Balaban J connectivity index is 2.44. The number of hydrogen-bond donors (Lipinski definition) is 1. The lowest BCUT2D eigenvalue weighted by Crippen LogP contribution is -2.03. The van der Waals surface area contributed by atoms with Crippen molar-refractivity contribution in [3.05, 3.63) is 75.8 Å². The number of rotatable bonds is 3. The van der Waals surface area contributed by atoms with Crippen LogP contribution in [-0.2, 0) is 0 Å². The first-order valence-electron chi connectivity index (χ1n) is 5.16. The lowest BCUT2D eigenvalue weighted by Gasteiger charge is -2.11. The number of nitro groups is 1. The molecule has 0 radical (unpaired) electrons. The Morgan fingerprint density at radius 2 is 1.59 bits per heavy atom. The second-order valence-corrected chi connectivity index (χ2v) is 3.63. The predicted molar refractivity (Wildman–Crippen MR) is 63.6 cm³/mol. The third kappa shape index (κ3) is 2.32. The quantitative estimate of drug-likeness (QED) is 0.650. The van der Waals surface area contributed by atoms with Crippen molar-refractivity contribution in [1.29, 1.82) is 0 Å². The highest BCUT2D eigenvalue weighted by Crippen LogP contribution is 2.29.